The van der Waals surface area contributed by atoms with Gasteiger partial charge in [0.1, 0.15) is 0 Å². The van der Waals surface area contributed by atoms with Gasteiger partial charge in [0.05, 0.1) is 0 Å². The van der Waals surface area contributed by atoms with E-state index in [-0.39, 0.29) is 0 Å². The lowest BCUT2D eigenvalue weighted by atomic mass is 9.71. The normalized spacial score (nSPS) is 35.1. The summed E-state index contributed by atoms with van der Waals surface area (Å²) in [6.07, 6.45) is 5.59. The van der Waals surface area contributed by atoms with Crippen molar-refractivity contribution in [2.45, 2.75) is 44.2 Å². The first-order valence-electron chi connectivity index (χ1n) is 7.56. The summed E-state index contributed by atoms with van der Waals surface area (Å²) in [7, 11) is 0. The van der Waals surface area contributed by atoms with Crippen LogP contribution in [0.25, 0.3) is 0 Å². The third-order valence-electron chi connectivity index (χ3n) is 5.60. The molecule has 3 aliphatic heterocycles. The topological polar surface area (TPSA) is 21.7 Å². The molecule has 1 aromatic rings. The number of fused-ring (bicyclic) bond motifs is 3. The number of ether oxygens (including phenoxy) is 2. The number of nitrogens with zero attached hydrogens (tertiary/aromatic N) is 1. The fraction of sp³-hybridized carbons (Fsp3) is 0.625. The molecule has 1 unspecified atom stereocenters. The van der Waals surface area contributed by atoms with Crippen LogP contribution in [0.5, 0.6) is 11.5 Å². The zero-order valence-electron chi connectivity index (χ0n) is 11.1. The molecular formula is C16H19NO2. The Morgan fingerprint density at radius 2 is 1.95 bits per heavy atom. The van der Waals surface area contributed by atoms with Crippen molar-refractivity contribution in [2.75, 3.05) is 13.3 Å². The van der Waals surface area contributed by atoms with Crippen molar-refractivity contribution in [3.63, 3.8) is 0 Å². The van der Waals surface area contributed by atoms with Gasteiger partial charge < -0.3 is 9.47 Å². The van der Waals surface area contributed by atoms with Gasteiger partial charge in [0.25, 0.3) is 0 Å². The van der Waals surface area contributed by atoms with E-state index in [0.29, 0.717) is 6.79 Å². The van der Waals surface area contributed by atoms with E-state index in [0.717, 1.165) is 35.9 Å². The third-order valence-corrected chi connectivity index (χ3v) is 5.60. The highest BCUT2D eigenvalue weighted by Gasteiger charge is 2.45. The smallest absolute Gasteiger partial charge is 0.231 e. The number of hydrogen-bond acceptors (Lipinski definition) is 3. The van der Waals surface area contributed by atoms with Crippen LogP contribution >= 0.6 is 0 Å². The van der Waals surface area contributed by atoms with Crippen LogP contribution < -0.4 is 9.47 Å². The summed E-state index contributed by atoms with van der Waals surface area (Å²) >= 11 is 0. The molecule has 1 saturated heterocycles. The first-order valence-corrected chi connectivity index (χ1v) is 7.56. The lowest BCUT2D eigenvalue weighted by Crippen LogP contribution is -2.43. The van der Waals surface area contributed by atoms with Crippen molar-refractivity contribution >= 4 is 0 Å². The maximum Gasteiger partial charge on any atom is 0.231 e. The summed E-state index contributed by atoms with van der Waals surface area (Å²) in [6.45, 7) is 2.79. The molecule has 2 fully saturated rings. The molecule has 1 aliphatic carbocycles. The average Bonchev–Trinajstić information content (AvgIpc) is 3.05. The van der Waals surface area contributed by atoms with Gasteiger partial charge in [0, 0.05) is 18.5 Å². The van der Waals surface area contributed by atoms with Crippen LogP contribution in [0.15, 0.2) is 12.1 Å². The van der Waals surface area contributed by atoms with E-state index < -0.39 is 0 Å². The predicted molar refractivity (Wildman–Crippen MR) is 71.5 cm³/mol. The molecule has 0 N–H and O–H groups in total. The Balaban J connectivity index is 1.65. The van der Waals surface area contributed by atoms with Gasteiger partial charge >= 0.3 is 0 Å². The van der Waals surface area contributed by atoms with Gasteiger partial charge in [-0.3, -0.25) is 4.90 Å². The first-order chi connectivity index (χ1) is 9.40. The van der Waals surface area contributed by atoms with Crippen molar-refractivity contribution in [2.24, 2.45) is 5.92 Å². The van der Waals surface area contributed by atoms with Crippen LogP contribution in [0.3, 0.4) is 0 Å². The van der Waals surface area contributed by atoms with E-state index in [2.05, 4.69) is 17.0 Å². The van der Waals surface area contributed by atoms with Crippen LogP contribution in [-0.2, 0) is 6.54 Å². The first kappa shape index (κ1) is 10.6. The molecule has 100 valence electrons. The zero-order chi connectivity index (χ0) is 12.4. The highest BCUT2D eigenvalue weighted by Crippen LogP contribution is 2.51. The van der Waals surface area contributed by atoms with Crippen LogP contribution in [-0.4, -0.2) is 24.3 Å². The second-order valence-electron chi connectivity index (χ2n) is 6.45. The molecule has 19 heavy (non-hydrogen) atoms. The fourth-order valence-corrected chi connectivity index (χ4v) is 4.84. The Bertz CT molecular complexity index is 542. The standard InChI is InChI=1S/C16H19NO2/c1-2-10-4-5-17-8-11-6-14-15(19-9-18-14)7-13(11)12(3-1)16(10)17/h6-7,10,12,16H,1-5,8-9H2/t10?,12-,16-/m1/s1. The lowest BCUT2D eigenvalue weighted by Gasteiger charge is -2.43. The summed E-state index contributed by atoms with van der Waals surface area (Å²) < 4.78 is 11.1. The number of benzene rings is 1. The highest BCUT2D eigenvalue weighted by molar-refractivity contribution is 5.51. The molecule has 0 amide bonds. The van der Waals surface area contributed by atoms with Crippen LogP contribution in [0.1, 0.15) is 42.7 Å². The van der Waals surface area contributed by atoms with Gasteiger partial charge in [-0.1, -0.05) is 6.42 Å². The van der Waals surface area contributed by atoms with E-state index in [1.807, 2.05) is 0 Å². The molecule has 3 heterocycles. The Hall–Kier alpha value is -1.22. The molecule has 3 nitrogen and oxygen atoms in total. The molecule has 3 heteroatoms. The summed E-state index contributed by atoms with van der Waals surface area (Å²) in [4.78, 5) is 2.72. The predicted octanol–water partition coefficient (Wildman–Crippen LogP) is 2.89. The molecule has 4 aliphatic rings. The van der Waals surface area contributed by atoms with Crippen molar-refractivity contribution in [3.05, 3.63) is 23.3 Å². The minimum absolute atomic E-state index is 0.388. The van der Waals surface area contributed by atoms with Gasteiger partial charge in [-0.05, 0) is 55.0 Å². The van der Waals surface area contributed by atoms with E-state index >= 15 is 0 Å². The Labute approximate surface area is 113 Å². The molecule has 3 atom stereocenters. The number of hydrogen-bond donors (Lipinski definition) is 0. The summed E-state index contributed by atoms with van der Waals surface area (Å²) in [5.41, 5.74) is 3.03. The van der Waals surface area contributed by atoms with Gasteiger partial charge in [0.2, 0.25) is 6.79 Å². The van der Waals surface area contributed by atoms with Crippen molar-refractivity contribution in [1.82, 2.24) is 4.90 Å². The maximum absolute atomic E-state index is 5.58. The zero-order valence-corrected chi connectivity index (χ0v) is 11.1. The maximum atomic E-state index is 5.58. The van der Waals surface area contributed by atoms with Gasteiger partial charge in [-0.25, -0.2) is 0 Å². The van der Waals surface area contributed by atoms with Gasteiger partial charge in [-0.15, -0.1) is 0 Å². The molecule has 5 rings (SSSR count). The van der Waals surface area contributed by atoms with Crippen molar-refractivity contribution < 1.29 is 9.47 Å². The van der Waals surface area contributed by atoms with Crippen LogP contribution in [0, 0.1) is 5.92 Å². The second-order valence-corrected chi connectivity index (χ2v) is 6.45. The van der Waals surface area contributed by atoms with Crippen LogP contribution in [0.4, 0.5) is 0 Å². The molecular weight excluding hydrogens is 238 g/mol. The van der Waals surface area contributed by atoms with Crippen LogP contribution in [0.2, 0.25) is 0 Å². The van der Waals surface area contributed by atoms with Gasteiger partial charge in [0.15, 0.2) is 11.5 Å². The summed E-state index contributed by atoms with van der Waals surface area (Å²) in [5.74, 6) is 3.59. The molecule has 1 saturated carbocycles. The van der Waals surface area contributed by atoms with E-state index in [9.17, 15) is 0 Å². The third kappa shape index (κ3) is 1.37. The molecule has 1 aromatic carbocycles. The van der Waals surface area contributed by atoms with E-state index in [4.69, 9.17) is 9.47 Å². The summed E-state index contributed by atoms with van der Waals surface area (Å²) in [5, 5.41) is 0. The van der Waals surface area contributed by atoms with Gasteiger partial charge in [-0.2, -0.15) is 0 Å². The van der Waals surface area contributed by atoms with Crippen molar-refractivity contribution in [1.29, 1.82) is 0 Å². The Morgan fingerprint density at radius 3 is 2.89 bits per heavy atom. The minimum Gasteiger partial charge on any atom is -0.454 e. The average molecular weight is 257 g/mol. The molecule has 0 radical (unpaired) electrons. The molecule has 0 spiro atoms. The van der Waals surface area contributed by atoms with E-state index in [1.165, 1.54) is 37.8 Å². The minimum atomic E-state index is 0.388. The number of rotatable bonds is 0. The Kier molecular flexibility index (Phi) is 2.03. The van der Waals surface area contributed by atoms with E-state index in [1.54, 1.807) is 5.56 Å². The second kappa shape index (κ2) is 3.66. The van der Waals surface area contributed by atoms with Crippen molar-refractivity contribution in [3.8, 4) is 11.5 Å². The Morgan fingerprint density at radius 1 is 1.05 bits per heavy atom. The fourth-order valence-electron chi connectivity index (χ4n) is 4.84. The summed E-state index contributed by atoms with van der Waals surface area (Å²) in [6, 6.07) is 5.32. The monoisotopic (exact) mass is 257 g/mol. The largest absolute Gasteiger partial charge is 0.454 e. The highest BCUT2D eigenvalue weighted by atomic mass is 16.7. The molecule has 0 aromatic heterocycles. The quantitative estimate of drug-likeness (QED) is 0.713. The molecule has 0 bridgehead atoms. The lowest BCUT2D eigenvalue weighted by molar-refractivity contribution is 0.134. The SMILES string of the molecule is c1c2c(cc3c1OCO3)[C@H]1CCCC3CCN(C2)[C@H]31.